The number of nitrogen functional groups attached to an aromatic ring is 1. The molecule has 1 heterocycles. The van der Waals surface area contributed by atoms with Gasteiger partial charge in [-0.15, -0.1) is 13.2 Å². The highest BCUT2D eigenvalue weighted by Crippen LogP contribution is 2.39. The predicted molar refractivity (Wildman–Crippen MR) is 115 cm³/mol. The largest absolute Gasteiger partial charge is 0.573 e. The SMILES string of the molecule is Nc1noc2cccc(-c3ccc(NC(=O)Nc4cccc(OC(F)(F)F)c4)c(F)c3Cl)c12. The number of carbonyl (C=O) groups is 1. The van der Waals surface area contributed by atoms with Gasteiger partial charge in [0, 0.05) is 17.3 Å². The minimum absolute atomic E-state index is 0.00742. The van der Waals surface area contributed by atoms with Gasteiger partial charge >= 0.3 is 12.4 Å². The Morgan fingerprint density at radius 1 is 1.06 bits per heavy atom. The van der Waals surface area contributed by atoms with Gasteiger partial charge in [0.1, 0.15) is 5.75 Å². The molecule has 4 N–H and O–H groups in total. The highest BCUT2D eigenvalue weighted by molar-refractivity contribution is 6.34. The van der Waals surface area contributed by atoms with Crippen molar-refractivity contribution in [3.05, 3.63) is 65.4 Å². The summed E-state index contributed by atoms with van der Waals surface area (Å²) in [5.74, 6) is -1.35. The first-order valence-electron chi connectivity index (χ1n) is 9.18. The second kappa shape index (κ2) is 8.51. The Morgan fingerprint density at radius 2 is 1.82 bits per heavy atom. The van der Waals surface area contributed by atoms with Crippen molar-refractivity contribution in [2.24, 2.45) is 0 Å². The monoisotopic (exact) mass is 480 g/mol. The maximum atomic E-state index is 14.9. The number of rotatable bonds is 4. The van der Waals surface area contributed by atoms with Crippen LogP contribution in [0.3, 0.4) is 0 Å². The number of ether oxygens (including phenoxy) is 1. The fourth-order valence-electron chi connectivity index (χ4n) is 3.15. The van der Waals surface area contributed by atoms with E-state index in [-0.39, 0.29) is 27.8 Å². The molecule has 0 aliphatic heterocycles. The zero-order valence-corrected chi connectivity index (χ0v) is 17.1. The van der Waals surface area contributed by atoms with E-state index < -0.39 is 24.0 Å². The third kappa shape index (κ3) is 4.77. The van der Waals surface area contributed by atoms with Gasteiger partial charge < -0.3 is 25.6 Å². The summed E-state index contributed by atoms with van der Waals surface area (Å²) >= 11 is 6.22. The number of urea groups is 1. The average molecular weight is 481 g/mol. The fraction of sp³-hybridized carbons (Fsp3) is 0.0476. The molecule has 12 heteroatoms. The molecule has 4 aromatic rings. The van der Waals surface area contributed by atoms with Crippen LogP contribution in [0.2, 0.25) is 5.02 Å². The number of fused-ring (bicyclic) bond motifs is 1. The molecule has 0 aliphatic carbocycles. The van der Waals surface area contributed by atoms with Gasteiger partial charge in [-0.2, -0.15) is 0 Å². The first-order chi connectivity index (χ1) is 15.6. The van der Waals surface area contributed by atoms with Gasteiger partial charge in [0.15, 0.2) is 17.2 Å². The Hall–Kier alpha value is -3.99. The van der Waals surface area contributed by atoms with Crippen LogP contribution < -0.4 is 21.1 Å². The van der Waals surface area contributed by atoms with Gasteiger partial charge in [0.2, 0.25) is 0 Å². The first kappa shape index (κ1) is 22.2. The lowest BCUT2D eigenvalue weighted by Crippen LogP contribution is -2.21. The van der Waals surface area contributed by atoms with Gasteiger partial charge in [-0.1, -0.05) is 41.0 Å². The Kier molecular flexibility index (Phi) is 5.73. The number of alkyl halides is 3. The van der Waals surface area contributed by atoms with Crippen LogP contribution in [-0.2, 0) is 0 Å². The molecule has 0 fully saturated rings. The van der Waals surface area contributed by atoms with E-state index in [1.165, 1.54) is 24.3 Å². The van der Waals surface area contributed by atoms with Gasteiger partial charge in [-0.3, -0.25) is 0 Å². The lowest BCUT2D eigenvalue weighted by molar-refractivity contribution is -0.274. The maximum Gasteiger partial charge on any atom is 0.573 e. The molecule has 1 aromatic heterocycles. The van der Waals surface area contributed by atoms with Gasteiger partial charge in [0.25, 0.3) is 0 Å². The third-order valence-electron chi connectivity index (χ3n) is 4.47. The molecule has 0 spiro atoms. The molecule has 2 amide bonds. The summed E-state index contributed by atoms with van der Waals surface area (Å²) in [7, 11) is 0. The highest BCUT2D eigenvalue weighted by Gasteiger charge is 2.31. The van der Waals surface area contributed by atoms with E-state index in [9.17, 15) is 22.4 Å². The van der Waals surface area contributed by atoms with Crippen LogP contribution in [0, 0.1) is 5.82 Å². The van der Waals surface area contributed by atoms with Crippen LogP contribution in [-0.4, -0.2) is 17.6 Å². The number of carbonyl (C=O) groups excluding carboxylic acids is 1. The van der Waals surface area contributed by atoms with E-state index in [4.69, 9.17) is 21.9 Å². The Labute approximate surface area is 188 Å². The number of amides is 2. The number of anilines is 3. The molecule has 0 unspecified atom stereocenters. The van der Waals surface area contributed by atoms with Crippen LogP contribution in [0.15, 0.2) is 59.1 Å². The minimum atomic E-state index is -4.88. The summed E-state index contributed by atoms with van der Waals surface area (Å²) in [5.41, 5.74) is 6.73. The van der Waals surface area contributed by atoms with Crippen molar-refractivity contribution >= 4 is 45.8 Å². The number of halogens is 5. The summed E-state index contributed by atoms with van der Waals surface area (Å²) in [6, 6.07) is 11.4. The van der Waals surface area contributed by atoms with Crippen molar-refractivity contribution in [2.45, 2.75) is 6.36 Å². The lowest BCUT2D eigenvalue weighted by Gasteiger charge is -2.13. The van der Waals surface area contributed by atoms with Gasteiger partial charge in [-0.25, -0.2) is 9.18 Å². The molecule has 0 bridgehead atoms. The second-order valence-corrected chi connectivity index (χ2v) is 7.07. The molecule has 4 rings (SSSR count). The van der Waals surface area contributed by atoms with E-state index in [2.05, 4.69) is 20.5 Å². The van der Waals surface area contributed by atoms with Crippen LogP contribution in [0.5, 0.6) is 5.75 Å². The van der Waals surface area contributed by atoms with Crippen LogP contribution in [0.25, 0.3) is 22.1 Å². The van der Waals surface area contributed by atoms with Crippen molar-refractivity contribution in [1.29, 1.82) is 0 Å². The fourth-order valence-corrected chi connectivity index (χ4v) is 3.42. The number of benzene rings is 3. The maximum absolute atomic E-state index is 14.9. The molecule has 0 saturated heterocycles. The van der Waals surface area contributed by atoms with Crippen molar-refractivity contribution in [1.82, 2.24) is 5.16 Å². The molecule has 170 valence electrons. The van der Waals surface area contributed by atoms with E-state index in [1.807, 2.05) is 0 Å². The molecule has 7 nitrogen and oxygen atoms in total. The number of nitrogens with two attached hydrogens (primary N) is 1. The topological polar surface area (TPSA) is 102 Å². The van der Waals surface area contributed by atoms with Crippen molar-refractivity contribution < 1.29 is 31.6 Å². The van der Waals surface area contributed by atoms with E-state index in [0.29, 0.717) is 16.5 Å². The predicted octanol–water partition coefficient (Wildman–Crippen LogP) is 6.41. The average Bonchev–Trinajstić information content (AvgIpc) is 3.12. The van der Waals surface area contributed by atoms with Crippen molar-refractivity contribution in [2.75, 3.05) is 16.4 Å². The summed E-state index contributed by atoms with van der Waals surface area (Å²) in [6.45, 7) is 0. The van der Waals surface area contributed by atoms with E-state index in [1.54, 1.807) is 18.2 Å². The molecule has 0 aliphatic rings. The lowest BCUT2D eigenvalue weighted by atomic mass is 10.0. The standard InChI is InChI=1S/C21H13ClF4N4O3/c22-17-13(12-5-2-6-15-16(12)19(27)30-33-15)7-8-14(18(17)23)29-20(31)28-10-3-1-4-11(9-10)32-21(24,25)26/h1-9H,(H2,27,30)(H2,28,29,31). The quantitative estimate of drug-likeness (QED) is 0.293. The van der Waals surface area contributed by atoms with E-state index in [0.717, 1.165) is 12.1 Å². The zero-order valence-electron chi connectivity index (χ0n) is 16.3. The van der Waals surface area contributed by atoms with Crippen LogP contribution in [0.4, 0.5) is 39.5 Å². The zero-order chi connectivity index (χ0) is 23.8. The minimum Gasteiger partial charge on any atom is -0.406 e. The summed E-state index contributed by atoms with van der Waals surface area (Å²) < 4.78 is 60.9. The first-order valence-corrected chi connectivity index (χ1v) is 9.56. The Bertz CT molecular complexity index is 1360. The molecule has 0 radical (unpaired) electrons. The molecular weight excluding hydrogens is 468 g/mol. The number of hydrogen-bond acceptors (Lipinski definition) is 5. The molecule has 0 saturated carbocycles. The highest BCUT2D eigenvalue weighted by atomic mass is 35.5. The second-order valence-electron chi connectivity index (χ2n) is 6.69. The van der Waals surface area contributed by atoms with Crippen molar-refractivity contribution in [3.8, 4) is 16.9 Å². The molecular formula is C21H13ClF4N4O3. The smallest absolute Gasteiger partial charge is 0.406 e. The Balaban J connectivity index is 1.55. The van der Waals surface area contributed by atoms with Crippen LogP contribution in [0.1, 0.15) is 0 Å². The van der Waals surface area contributed by atoms with Crippen LogP contribution >= 0.6 is 11.6 Å². The normalized spacial score (nSPS) is 11.4. The van der Waals surface area contributed by atoms with Gasteiger partial charge in [-0.05, 0) is 29.8 Å². The summed E-state index contributed by atoms with van der Waals surface area (Å²) in [4.78, 5) is 12.2. The number of hydrogen-bond donors (Lipinski definition) is 3. The molecule has 33 heavy (non-hydrogen) atoms. The van der Waals surface area contributed by atoms with Gasteiger partial charge in [0.05, 0.1) is 16.1 Å². The number of nitrogens with one attached hydrogen (secondary N) is 2. The van der Waals surface area contributed by atoms with E-state index >= 15 is 0 Å². The molecule has 3 aromatic carbocycles. The third-order valence-corrected chi connectivity index (χ3v) is 4.84. The molecule has 0 atom stereocenters. The number of aromatic nitrogens is 1. The summed E-state index contributed by atoms with van der Waals surface area (Å²) in [5, 5.41) is 8.41. The Morgan fingerprint density at radius 3 is 2.58 bits per heavy atom. The number of nitrogens with zero attached hydrogens (tertiary/aromatic N) is 1. The summed E-state index contributed by atoms with van der Waals surface area (Å²) in [6.07, 6.45) is -4.88. The van der Waals surface area contributed by atoms with Crippen molar-refractivity contribution in [3.63, 3.8) is 0 Å².